The number of carbonyl (C=O) groups excluding carboxylic acids is 1. The average molecular weight is 182 g/mol. The van der Waals surface area contributed by atoms with Crippen molar-refractivity contribution in [3.63, 3.8) is 0 Å². The van der Waals surface area contributed by atoms with E-state index in [0.717, 1.165) is 17.6 Å². The smallest absolute Gasteiger partial charge is 0.146 e. The van der Waals surface area contributed by atoms with Crippen molar-refractivity contribution < 1.29 is 4.79 Å². The Labute approximate surface area is 77.9 Å². The van der Waals surface area contributed by atoms with Crippen LogP contribution < -0.4 is 0 Å². The van der Waals surface area contributed by atoms with Gasteiger partial charge in [0.25, 0.3) is 0 Å². The molecule has 0 unspecified atom stereocenters. The predicted octanol–water partition coefficient (Wildman–Crippen LogP) is 2.79. The Morgan fingerprint density at radius 1 is 1.42 bits per heavy atom. The van der Waals surface area contributed by atoms with Crippen molar-refractivity contribution in [1.82, 2.24) is 0 Å². The first-order valence-corrected chi connectivity index (χ1v) is 5.02. The van der Waals surface area contributed by atoms with E-state index in [2.05, 4.69) is 26.8 Å². The molecule has 0 aromatic rings. The zero-order valence-electron chi connectivity index (χ0n) is 7.76. The molecule has 1 nitrogen and oxygen atoms in total. The fourth-order valence-corrected chi connectivity index (χ4v) is 2.06. The maximum atomic E-state index is 10.4. The van der Waals surface area contributed by atoms with Gasteiger partial charge in [-0.05, 0) is 10.3 Å². The van der Waals surface area contributed by atoms with E-state index >= 15 is 0 Å². The summed E-state index contributed by atoms with van der Waals surface area (Å²) < 4.78 is 0. The second-order valence-electron chi connectivity index (χ2n) is 3.93. The topological polar surface area (TPSA) is 17.1 Å². The van der Waals surface area contributed by atoms with Gasteiger partial charge < -0.3 is 0 Å². The summed E-state index contributed by atoms with van der Waals surface area (Å²) in [7, 11) is 0. The Balaban J connectivity index is 2.79. The second kappa shape index (κ2) is 3.48. The number of thioether (sulfide) groups is 1. The summed E-state index contributed by atoms with van der Waals surface area (Å²) >= 11 is 1.76. The zero-order valence-corrected chi connectivity index (χ0v) is 8.57. The lowest BCUT2D eigenvalue weighted by Gasteiger charge is -2.24. The molecular weight excluding hydrogens is 168 g/mol. The maximum Gasteiger partial charge on any atom is 0.146 e. The number of allylic oxidation sites excluding steroid dienone is 3. The zero-order chi connectivity index (χ0) is 9.19. The monoisotopic (exact) mass is 182 g/mol. The molecule has 0 radical (unpaired) electrons. The number of hydrogen-bond acceptors (Lipinski definition) is 2. The van der Waals surface area contributed by atoms with E-state index in [1.807, 2.05) is 6.08 Å². The van der Waals surface area contributed by atoms with E-state index in [9.17, 15) is 4.79 Å². The van der Waals surface area contributed by atoms with Crippen LogP contribution in [0.3, 0.4) is 0 Å². The van der Waals surface area contributed by atoms with Crippen LogP contribution in [0.5, 0.6) is 0 Å². The molecule has 0 aromatic heterocycles. The van der Waals surface area contributed by atoms with Gasteiger partial charge in [-0.3, -0.25) is 4.79 Å². The molecule has 1 rings (SSSR count). The van der Waals surface area contributed by atoms with Gasteiger partial charge in [0.1, 0.15) is 6.29 Å². The molecule has 1 aliphatic heterocycles. The van der Waals surface area contributed by atoms with E-state index in [4.69, 9.17) is 0 Å². The van der Waals surface area contributed by atoms with Crippen molar-refractivity contribution >= 4 is 18.0 Å². The van der Waals surface area contributed by atoms with Crippen LogP contribution in [0.2, 0.25) is 0 Å². The Morgan fingerprint density at radius 3 is 2.42 bits per heavy atom. The van der Waals surface area contributed by atoms with Gasteiger partial charge in [0.2, 0.25) is 0 Å². The highest BCUT2D eigenvalue weighted by Crippen LogP contribution is 2.37. The Hall–Kier alpha value is -0.500. The minimum atomic E-state index is 0.218. The van der Waals surface area contributed by atoms with Crippen LogP contribution in [0.4, 0.5) is 0 Å². The van der Waals surface area contributed by atoms with Gasteiger partial charge in [-0.1, -0.05) is 32.9 Å². The largest absolute Gasteiger partial charge is 0.298 e. The van der Waals surface area contributed by atoms with E-state index in [0.29, 0.717) is 0 Å². The van der Waals surface area contributed by atoms with Crippen molar-refractivity contribution in [2.45, 2.75) is 20.8 Å². The van der Waals surface area contributed by atoms with Gasteiger partial charge in [-0.2, -0.15) is 0 Å². The van der Waals surface area contributed by atoms with E-state index < -0.39 is 0 Å². The molecule has 0 atom stereocenters. The van der Waals surface area contributed by atoms with Crippen molar-refractivity contribution in [3.8, 4) is 0 Å². The summed E-state index contributed by atoms with van der Waals surface area (Å²) in [5, 5.41) is 0. The highest BCUT2D eigenvalue weighted by Gasteiger charge is 2.19. The normalized spacial score (nSPS) is 18.2. The number of rotatable bonds is 1. The lowest BCUT2D eigenvalue weighted by atomic mass is 9.95. The summed E-state index contributed by atoms with van der Waals surface area (Å²) in [6, 6.07) is 0. The van der Waals surface area contributed by atoms with E-state index in [1.165, 1.54) is 4.91 Å². The van der Waals surface area contributed by atoms with Crippen molar-refractivity contribution in [3.05, 3.63) is 22.6 Å². The third kappa shape index (κ3) is 2.24. The molecule has 0 saturated carbocycles. The molecule has 0 spiro atoms. The minimum absolute atomic E-state index is 0.218. The van der Waals surface area contributed by atoms with Crippen LogP contribution in [0.15, 0.2) is 22.6 Å². The molecular formula is C10H14OS. The lowest BCUT2D eigenvalue weighted by Crippen LogP contribution is -2.09. The molecule has 0 saturated heterocycles. The van der Waals surface area contributed by atoms with Gasteiger partial charge in [0.15, 0.2) is 0 Å². The average Bonchev–Trinajstić information content (AvgIpc) is 2.03. The summed E-state index contributed by atoms with van der Waals surface area (Å²) in [5.74, 6) is 0.826. The van der Waals surface area contributed by atoms with Crippen LogP contribution in [0.1, 0.15) is 20.8 Å². The molecule has 0 amide bonds. The molecule has 0 aromatic carbocycles. The third-order valence-electron chi connectivity index (χ3n) is 1.73. The van der Waals surface area contributed by atoms with Crippen LogP contribution >= 0.6 is 11.8 Å². The molecule has 12 heavy (non-hydrogen) atoms. The molecule has 0 bridgehead atoms. The molecule has 1 heterocycles. The standard InChI is InChI=1S/C10H14OS/c1-10(2,3)9-5-4-8(6-11)7-12-9/h4-6H,7H2,1-3H3. The van der Waals surface area contributed by atoms with E-state index in [-0.39, 0.29) is 5.41 Å². The minimum Gasteiger partial charge on any atom is -0.298 e. The molecule has 66 valence electrons. The first kappa shape index (κ1) is 9.59. The van der Waals surface area contributed by atoms with E-state index in [1.54, 1.807) is 11.8 Å². The summed E-state index contributed by atoms with van der Waals surface area (Å²) in [4.78, 5) is 11.8. The molecule has 0 aliphatic carbocycles. The van der Waals surface area contributed by atoms with Gasteiger partial charge in [-0.25, -0.2) is 0 Å². The molecule has 0 fully saturated rings. The van der Waals surface area contributed by atoms with Crippen LogP contribution in [-0.4, -0.2) is 12.0 Å². The Kier molecular flexibility index (Phi) is 2.78. The van der Waals surface area contributed by atoms with Crippen molar-refractivity contribution in [2.75, 3.05) is 5.75 Å². The SMILES string of the molecule is CC(C)(C)C1=CC=C(C=O)CS1. The van der Waals surface area contributed by atoms with Gasteiger partial charge >= 0.3 is 0 Å². The van der Waals surface area contributed by atoms with Crippen LogP contribution in [-0.2, 0) is 4.79 Å². The fourth-order valence-electron chi connectivity index (χ4n) is 0.980. The van der Waals surface area contributed by atoms with Crippen LogP contribution in [0, 0.1) is 5.41 Å². The Morgan fingerprint density at radius 2 is 2.08 bits per heavy atom. The third-order valence-corrected chi connectivity index (χ3v) is 3.27. The first-order valence-electron chi connectivity index (χ1n) is 4.03. The van der Waals surface area contributed by atoms with Gasteiger partial charge in [-0.15, -0.1) is 11.8 Å². The first-order chi connectivity index (χ1) is 5.54. The molecule has 2 heteroatoms. The van der Waals surface area contributed by atoms with Crippen molar-refractivity contribution in [2.24, 2.45) is 5.41 Å². The highest BCUT2D eigenvalue weighted by molar-refractivity contribution is 8.03. The number of aldehydes is 1. The van der Waals surface area contributed by atoms with Gasteiger partial charge in [0, 0.05) is 11.3 Å². The quantitative estimate of drug-likeness (QED) is 0.580. The fraction of sp³-hybridized carbons (Fsp3) is 0.500. The molecule has 1 aliphatic rings. The highest BCUT2D eigenvalue weighted by atomic mass is 32.2. The second-order valence-corrected chi connectivity index (χ2v) is 4.95. The lowest BCUT2D eigenvalue weighted by molar-refractivity contribution is -0.104. The van der Waals surface area contributed by atoms with Crippen molar-refractivity contribution in [1.29, 1.82) is 0 Å². The summed E-state index contributed by atoms with van der Waals surface area (Å²) in [6.07, 6.45) is 4.91. The molecule has 0 N–H and O–H groups in total. The summed E-state index contributed by atoms with van der Waals surface area (Å²) in [5.41, 5.74) is 1.10. The van der Waals surface area contributed by atoms with Gasteiger partial charge in [0.05, 0.1) is 0 Å². The number of carbonyl (C=O) groups is 1. The summed E-state index contributed by atoms with van der Waals surface area (Å²) in [6.45, 7) is 6.56. The predicted molar refractivity (Wildman–Crippen MR) is 54.1 cm³/mol. The number of hydrogen-bond donors (Lipinski definition) is 0. The Bertz CT molecular complexity index is 243. The maximum absolute atomic E-state index is 10.4. The van der Waals surface area contributed by atoms with Crippen LogP contribution in [0.25, 0.3) is 0 Å².